The Morgan fingerprint density at radius 1 is 1.17 bits per heavy atom. The first-order chi connectivity index (χ1) is 14.5. The summed E-state index contributed by atoms with van der Waals surface area (Å²) in [5.74, 6) is 2.27. The summed E-state index contributed by atoms with van der Waals surface area (Å²) in [5.41, 5.74) is -0.145. The van der Waals surface area contributed by atoms with E-state index in [0.29, 0.717) is 5.95 Å². The van der Waals surface area contributed by atoms with Gasteiger partial charge in [-0.05, 0) is 50.7 Å². The Morgan fingerprint density at radius 2 is 2.03 bits per heavy atom. The average molecular weight is 414 g/mol. The fourth-order valence-electron chi connectivity index (χ4n) is 4.41. The van der Waals surface area contributed by atoms with E-state index in [4.69, 9.17) is 0 Å². The maximum absolute atomic E-state index is 12.4. The third-order valence-electron chi connectivity index (χ3n) is 6.05. The van der Waals surface area contributed by atoms with Gasteiger partial charge in [0, 0.05) is 45.5 Å². The first-order valence-electron chi connectivity index (χ1n) is 10.8. The summed E-state index contributed by atoms with van der Waals surface area (Å²) in [6, 6.07) is 5.31. The topological polar surface area (TPSA) is 99.4 Å². The van der Waals surface area contributed by atoms with E-state index in [-0.39, 0.29) is 17.6 Å². The highest BCUT2D eigenvalue weighted by atomic mass is 16.3. The number of aliphatic hydroxyl groups is 1. The second-order valence-corrected chi connectivity index (χ2v) is 8.40. The molecule has 3 heterocycles. The van der Waals surface area contributed by atoms with E-state index in [1.165, 1.54) is 4.68 Å². The minimum atomic E-state index is -0.493. The Kier molecular flexibility index (Phi) is 6.17. The molecule has 0 amide bonds. The third kappa shape index (κ3) is 4.40. The lowest BCUT2D eigenvalue weighted by molar-refractivity contribution is 0.127. The maximum atomic E-state index is 12.4. The number of rotatable bonds is 6. The van der Waals surface area contributed by atoms with Gasteiger partial charge in [-0.1, -0.05) is 0 Å². The summed E-state index contributed by atoms with van der Waals surface area (Å²) < 4.78 is 1.50. The number of hydrogen-bond donors (Lipinski definition) is 2. The van der Waals surface area contributed by atoms with Crippen LogP contribution in [-0.2, 0) is 0 Å². The van der Waals surface area contributed by atoms with Crippen LogP contribution < -0.4 is 20.7 Å². The largest absolute Gasteiger partial charge is 0.391 e. The molecule has 2 N–H and O–H groups in total. The van der Waals surface area contributed by atoms with E-state index in [2.05, 4.69) is 25.3 Å². The SMILES string of the molecule is CN(C)c1nccc(NCC2CCCCN2c2ccc(=O)n(C3CCCC3O)n2)n1. The van der Waals surface area contributed by atoms with Gasteiger partial charge in [0.2, 0.25) is 5.95 Å². The van der Waals surface area contributed by atoms with Gasteiger partial charge >= 0.3 is 0 Å². The number of piperidine rings is 1. The van der Waals surface area contributed by atoms with Gasteiger partial charge < -0.3 is 20.2 Å². The molecule has 3 atom stereocenters. The summed E-state index contributed by atoms with van der Waals surface area (Å²) in [5, 5.41) is 18.4. The Labute approximate surface area is 176 Å². The normalized spacial score (nSPS) is 24.1. The van der Waals surface area contributed by atoms with Gasteiger partial charge in [0.1, 0.15) is 11.6 Å². The van der Waals surface area contributed by atoms with Crippen LogP contribution in [0.3, 0.4) is 0 Å². The van der Waals surface area contributed by atoms with Crippen molar-refractivity contribution in [2.24, 2.45) is 0 Å². The van der Waals surface area contributed by atoms with Gasteiger partial charge in [-0.15, -0.1) is 0 Å². The summed E-state index contributed by atoms with van der Waals surface area (Å²) >= 11 is 0. The fourth-order valence-corrected chi connectivity index (χ4v) is 4.41. The Hall–Kier alpha value is -2.68. The molecule has 0 aromatic carbocycles. The van der Waals surface area contributed by atoms with Crippen molar-refractivity contribution in [2.75, 3.05) is 42.3 Å². The zero-order chi connectivity index (χ0) is 21.1. The minimum absolute atomic E-state index is 0.145. The molecule has 1 aliphatic carbocycles. The molecule has 0 radical (unpaired) electrons. The predicted octanol–water partition coefficient (Wildman–Crippen LogP) is 1.66. The van der Waals surface area contributed by atoms with Crippen molar-refractivity contribution in [1.82, 2.24) is 19.7 Å². The van der Waals surface area contributed by atoms with Crippen molar-refractivity contribution >= 4 is 17.6 Å². The van der Waals surface area contributed by atoms with Crippen LogP contribution in [0.5, 0.6) is 0 Å². The van der Waals surface area contributed by atoms with E-state index in [9.17, 15) is 9.90 Å². The van der Waals surface area contributed by atoms with Crippen molar-refractivity contribution < 1.29 is 5.11 Å². The first kappa shape index (κ1) is 20.6. The molecule has 9 nitrogen and oxygen atoms in total. The molecule has 2 aromatic heterocycles. The summed E-state index contributed by atoms with van der Waals surface area (Å²) in [7, 11) is 3.84. The van der Waals surface area contributed by atoms with E-state index >= 15 is 0 Å². The number of aliphatic hydroxyl groups excluding tert-OH is 1. The molecule has 1 saturated carbocycles. The monoisotopic (exact) mass is 413 g/mol. The van der Waals surface area contributed by atoms with Crippen LogP contribution in [0.4, 0.5) is 17.6 Å². The van der Waals surface area contributed by atoms with Gasteiger partial charge in [-0.3, -0.25) is 4.79 Å². The second-order valence-electron chi connectivity index (χ2n) is 8.40. The second kappa shape index (κ2) is 8.99. The van der Waals surface area contributed by atoms with E-state index in [0.717, 1.165) is 63.3 Å². The van der Waals surface area contributed by atoms with E-state index in [1.54, 1.807) is 12.3 Å². The molecule has 2 fully saturated rings. The molecule has 9 heteroatoms. The molecule has 4 rings (SSSR count). The molecule has 1 saturated heterocycles. The van der Waals surface area contributed by atoms with Crippen LogP contribution in [0.2, 0.25) is 0 Å². The van der Waals surface area contributed by atoms with Crippen LogP contribution in [0, 0.1) is 0 Å². The van der Waals surface area contributed by atoms with Gasteiger partial charge in [0.15, 0.2) is 0 Å². The van der Waals surface area contributed by atoms with Crippen molar-refractivity contribution in [2.45, 2.75) is 56.7 Å². The van der Waals surface area contributed by atoms with E-state index < -0.39 is 6.10 Å². The van der Waals surface area contributed by atoms with Crippen LogP contribution in [0.15, 0.2) is 29.2 Å². The van der Waals surface area contributed by atoms with Crippen molar-refractivity contribution in [3.05, 3.63) is 34.7 Å². The highest BCUT2D eigenvalue weighted by Gasteiger charge is 2.30. The third-order valence-corrected chi connectivity index (χ3v) is 6.05. The number of aromatic nitrogens is 4. The van der Waals surface area contributed by atoms with Gasteiger partial charge in [-0.2, -0.15) is 10.1 Å². The molecule has 3 unspecified atom stereocenters. The standard InChI is InChI=1S/C21H31N7O2/c1-26(2)21-22-12-11-18(24-21)23-14-15-6-3-4-13-27(15)19-9-10-20(30)28(25-19)16-7-5-8-17(16)29/h9-12,15-17,29H,3-8,13-14H2,1-2H3,(H,22,23,24). The zero-order valence-electron chi connectivity index (χ0n) is 17.7. The maximum Gasteiger partial charge on any atom is 0.267 e. The lowest BCUT2D eigenvalue weighted by Crippen LogP contribution is -2.45. The summed E-state index contributed by atoms with van der Waals surface area (Å²) in [6.45, 7) is 1.63. The molecular formula is C21H31N7O2. The van der Waals surface area contributed by atoms with Crippen LogP contribution in [-0.4, -0.2) is 64.2 Å². The van der Waals surface area contributed by atoms with Crippen LogP contribution >= 0.6 is 0 Å². The first-order valence-corrected chi connectivity index (χ1v) is 10.8. The highest BCUT2D eigenvalue weighted by molar-refractivity contribution is 5.43. The van der Waals surface area contributed by atoms with Gasteiger partial charge in [-0.25, -0.2) is 9.67 Å². The molecule has 1 aliphatic heterocycles. The number of nitrogens with zero attached hydrogens (tertiary/aromatic N) is 6. The zero-order valence-corrected chi connectivity index (χ0v) is 17.7. The Morgan fingerprint density at radius 3 is 2.80 bits per heavy atom. The number of nitrogens with one attached hydrogen (secondary N) is 1. The fraction of sp³-hybridized carbons (Fsp3) is 0.619. The highest BCUT2D eigenvalue weighted by Crippen LogP contribution is 2.29. The molecule has 0 spiro atoms. The van der Waals surface area contributed by atoms with Gasteiger partial charge in [0.25, 0.3) is 5.56 Å². The number of hydrogen-bond acceptors (Lipinski definition) is 8. The molecule has 2 aromatic rings. The quantitative estimate of drug-likeness (QED) is 0.738. The minimum Gasteiger partial charge on any atom is -0.391 e. The van der Waals surface area contributed by atoms with Gasteiger partial charge in [0.05, 0.1) is 12.1 Å². The Balaban J connectivity index is 1.51. The van der Waals surface area contributed by atoms with Crippen LogP contribution in [0.1, 0.15) is 44.6 Å². The molecular weight excluding hydrogens is 382 g/mol. The van der Waals surface area contributed by atoms with Crippen molar-refractivity contribution in [1.29, 1.82) is 0 Å². The van der Waals surface area contributed by atoms with Crippen molar-refractivity contribution in [3.8, 4) is 0 Å². The summed E-state index contributed by atoms with van der Waals surface area (Å²) in [4.78, 5) is 25.4. The van der Waals surface area contributed by atoms with Crippen molar-refractivity contribution in [3.63, 3.8) is 0 Å². The lowest BCUT2D eigenvalue weighted by Gasteiger charge is -2.37. The van der Waals surface area contributed by atoms with E-state index in [1.807, 2.05) is 31.1 Å². The smallest absolute Gasteiger partial charge is 0.267 e. The number of anilines is 3. The Bertz CT molecular complexity index is 916. The average Bonchev–Trinajstić information content (AvgIpc) is 3.19. The molecule has 162 valence electrons. The van der Waals surface area contributed by atoms with Crippen LogP contribution in [0.25, 0.3) is 0 Å². The predicted molar refractivity (Wildman–Crippen MR) is 117 cm³/mol. The molecule has 30 heavy (non-hydrogen) atoms. The summed E-state index contributed by atoms with van der Waals surface area (Å²) in [6.07, 6.45) is 7.02. The molecule has 2 aliphatic rings. The molecule has 0 bridgehead atoms. The lowest BCUT2D eigenvalue weighted by atomic mass is 10.0.